The van der Waals surface area contributed by atoms with E-state index in [1.54, 1.807) is 0 Å². The van der Waals surface area contributed by atoms with E-state index in [2.05, 4.69) is 5.32 Å². The number of nitrogens with one attached hydrogen (secondary N) is 1. The highest BCUT2D eigenvalue weighted by molar-refractivity contribution is 5.32. The van der Waals surface area contributed by atoms with Gasteiger partial charge in [0.05, 0.1) is 0 Å². The summed E-state index contributed by atoms with van der Waals surface area (Å²) < 4.78 is 13.0. The number of benzene rings is 1. The first-order chi connectivity index (χ1) is 7.25. The van der Waals surface area contributed by atoms with E-state index in [1.165, 1.54) is 24.6 Å². The molecule has 0 aliphatic carbocycles. The van der Waals surface area contributed by atoms with E-state index in [1.807, 2.05) is 0 Å². The van der Waals surface area contributed by atoms with E-state index >= 15 is 0 Å². The number of phenols is 1. The fourth-order valence-corrected chi connectivity index (χ4v) is 2.13. The molecule has 0 aromatic heterocycles. The summed E-state index contributed by atoms with van der Waals surface area (Å²) in [5.74, 6) is 0.458. The maximum Gasteiger partial charge on any atom is 0.123 e. The molecule has 0 bridgehead atoms. The lowest BCUT2D eigenvalue weighted by Crippen LogP contribution is -2.30. The second-order valence-corrected chi connectivity index (χ2v) is 4.19. The van der Waals surface area contributed by atoms with Gasteiger partial charge in [0, 0.05) is 0 Å². The predicted molar refractivity (Wildman–Crippen MR) is 57.4 cm³/mol. The van der Waals surface area contributed by atoms with Crippen molar-refractivity contribution >= 4 is 0 Å². The number of hydrogen-bond acceptors (Lipinski definition) is 2. The topological polar surface area (TPSA) is 32.3 Å². The average Bonchev–Trinajstić information content (AvgIpc) is 2.25. The van der Waals surface area contributed by atoms with Crippen LogP contribution in [0.25, 0.3) is 0 Å². The lowest BCUT2D eigenvalue weighted by molar-refractivity contribution is 0.369. The summed E-state index contributed by atoms with van der Waals surface area (Å²) in [6, 6.07) is 4.16. The molecule has 1 fully saturated rings. The molecule has 1 saturated heterocycles. The van der Waals surface area contributed by atoms with Crippen LogP contribution in [0.1, 0.15) is 18.4 Å². The summed E-state index contributed by atoms with van der Waals surface area (Å²) in [6.07, 6.45) is 3.08. The Morgan fingerprint density at radius 2 is 2.33 bits per heavy atom. The molecule has 0 amide bonds. The van der Waals surface area contributed by atoms with E-state index in [0.29, 0.717) is 5.92 Å². The van der Waals surface area contributed by atoms with Gasteiger partial charge in [0.1, 0.15) is 11.6 Å². The lowest BCUT2D eigenvalue weighted by Gasteiger charge is -2.22. The molecule has 0 radical (unpaired) electrons. The zero-order chi connectivity index (χ0) is 10.7. The van der Waals surface area contributed by atoms with Crippen LogP contribution in [0, 0.1) is 11.7 Å². The van der Waals surface area contributed by atoms with Crippen LogP contribution in [0.4, 0.5) is 4.39 Å². The summed E-state index contributed by atoms with van der Waals surface area (Å²) in [5.41, 5.74) is 0.726. The highest BCUT2D eigenvalue weighted by Gasteiger charge is 2.15. The number of hydrogen-bond donors (Lipinski definition) is 2. The standard InChI is InChI=1S/C12H16FNO/c13-11-3-4-12(15)10(7-11)6-9-2-1-5-14-8-9/h3-4,7,9,14-15H,1-2,5-6,8H2. The Bertz CT molecular complexity index is 334. The van der Waals surface area contributed by atoms with Gasteiger partial charge in [-0.15, -0.1) is 0 Å². The van der Waals surface area contributed by atoms with Gasteiger partial charge in [-0.1, -0.05) is 0 Å². The van der Waals surface area contributed by atoms with Crippen molar-refractivity contribution in [1.82, 2.24) is 5.32 Å². The second-order valence-electron chi connectivity index (χ2n) is 4.19. The monoisotopic (exact) mass is 209 g/mol. The first kappa shape index (κ1) is 10.4. The molecule has 0 spiro atoms. The quantitative estimate of drug-likeness (QED) is 0.781. The molecule has 2 nitrogen and oxygen atoms in total. The normalized spacial score (nSPS) is 21.5. The van der Waals surface area contributed by atoms with E-state index in [9.17, 15) is 9.50 Å². The van der Waals surface area contributed by atoms with Gasteiger partial charge in [0.2, 0.25) is 0 Å². The van der Waals surface area contributed by atoms with Gasteiger partial charge in [0.15, 0.2) is 0 Å². The number of phenolic OH excluding ortho intramolecular Hbond substituents is 1. The minimum atomic E-state index is -0.272. The minimum absolute atomic E-state index is 0.210. The Kier molecular flexibility index (Phi) is 3.21. The van der Waals surface area contributed by atoms with Gasteiger partial charge in [0.25, 0.3) is 0 Å². The Morgan fingerprint density at radius 1 is 1.47 bits per heavy atom. The maximum atomic E-state index is 13.0. The van der Waals surface area contributed by atoms with E-state index < -0.39 is 0 Å². The molecule has 1 atom stereocenters. The number of aromatic hydroxyl groups is 1. The number of piperidine rings is 1. The van der Waals surface area contributed by atoms with Gasteiger partial charge < -0.3 is 10.4 Å². The van der Waals surface area contributed by atoms with Crippen molar-refractivity contribution in [2.75, 3.05) is 13.1 Å². The first-order valence-corrected chi connectivity index (χ1v) is 5.44. The minimum Gasteiger partial charge on any atom is -0.508 e. The van der Waals surface area contributed by atoms with Crippen LogP contribution in [0.3, 0.4) is 0 Å². The van der Waals surface area contributed by atoms with Crippen LogP contribution < -0.4 is 5.32 Å². The Morgan fingerprint density at radius 3 is 3.07 bits per heavy atom. The molecule has 82 valence electrons. The molecule has 1 heterocycles. The van der Waals surface area contributed by atoms with Crippen molar-refractivity contribution in [3.05, 3.63) is 29.6 Å². The lowest BCUT2D eigenvalue weighted by atomic mass is 9.92. The van der Waals surface area contributed by atoms with Crippen molar-refractivity contribution in [2.45, 2.75) is 19.3 Å². The Hall–Kier alpha value is -1.09. The number of halogens is 1. The van der Waals surface area contributed by atoms with Crippen LogP contribution in [0.15, 0.2) is 18.2 Å². The highest BCUT2D eigenvalue weighted by Crippen LogP contribution is 2.23. The predicted octanol–water partition coefficient (Wildman–Crippen LogP) is 2.07. The molecule has 2 N–H and O–H groups in total. The third kappa shape index (κ3) is 2.69. The maximum absolute atomic E-state index is 13.0. The molecule has 1 aromatic rings. The summed E-state index contributed by atoms with van der Waals surface area (Å²) in [4.78, 5) is 0. The van der Waals surface area contributed by atoms with Crippen molar-refractivity contribution < 1.29 is 9.50 Å². The van der Waals surface area contributed by atoms with E-state index in [0.717, 1.165) is 31.5 Å². The third-order valence-electron chi connectivity index (χ3n) is 2.95. The Balaban J connectivity index is 2.05. The fourth-order valence-electron chi connectivity index (χ4n) is 2.13. The third-order valence-corrected chi connectivity index (χ3v) is 2.95. The fraction of sp³-hybridized carbons (Fsp3) is 0.500. The van der Waals surface area contributed by atoms with Crippen LogP contribution in [0.5, 0.6) is 5.75 Å². The molecular weight excluding hydrogens is 193 g/mol. The van der Waals surface area contributed by atoms with Crippen LogP contribution >= 0.6 is 0 Å². The second kappa shape index (κ2) is 4.62. The summed E-state index contributed by atoms with van der Waals surface area (Å²) in [7, 11) is 0. The summed E-state index contributed by atoms with van der Waals surface area (Å²) in [6.45, 7) is 2.04. The largest absolute Gasteiger partial charge is 0.508 e. The zero-order valence-electron chi connectivity index (χ0n) is 8.67. The van der Waals surface area contributed by atoms with Gasteiger partial charge in [-0.3, -0.25) is 0 Å². The van der Waals surface area contributed by atoms with Crippen LogP contribution in [-0.2, 0) is 6.42 Å². The number of rotatable bonds is 2. The molecule has 15 heavy (non-hydrogen) atoms. The van der Waals surface area contributed by atoms with Gasteiger partial charge in [-0.25, -0.2) is 4.39 Å². The van der Waals surface area contributed by atoms with E-state index in [-0.39, 0.29) is 11.6 Å². The van der Waals surface area contributed by atoms with Crippen molar-refractivity contribution in [3.63, 3.8) is 0 Å². The summed E-state index contributed by atoms with van der Waals surface area (Å²) >= 11 is 0. The molecule has 1 unspecified atom stereocenters. The van der Waals surface area contributed by atoms with Crippen LogP contribution in [-0.4, -0.2) is 18.2 Å². The SMILES string of the molecule is Oc1ccc(F)cc1CC1CCCNC1. The smallest absolute Gasteiger partial charge is 0.123 e. The van der Waals surface area contributed by atoms with Crippen LogP contribution in [0.2, 0.25) is 0 Å². The molecule has 1 aliphatic rings. The average molecular weight is 209 g/mol. The molecule has 3 heteroatoms. The van der Waals surface area contributed by atoms with Crippen molar-refractivity contribution in [2.24, 2.45) is 5.92 Å². The van der Waals surface area contributed by atoms with E-state index in [4.69, 9.17) is 0 Å². The van der Waals surface area contributed by atoms with Crippen molar-refractivity contribution in [3.8, 4) is 5.75 Å². The summed E-state index contributed by atoms with van der Waals surface area (Å²) in [5, 5.41) is 12.9. The Labute approximate surface area is 89.1 Å². The molecular formula is C12H16FNO. The van der Waals surface area contributed by atoms with Gasteiger partial charge in [-0.05, 0) is 62.0 Å². The molecule has 1 aliphatic heterocycles. The molecule has 0 saturated carbocycles. The highest BCUT2D eigenvalue weighted by atomic mass is 19.1. The molecule has 1 aromatic carbocycles. The molecule has 2 rings (SSSR count). The zero-order valence-corrected chi connectivity index (χ0v) is 8.67. The van der Waals surface area contributed by atoms with Gasteiger partial charge >= 0.3 is 0 Å². The van der Waals surface area contributed by atoms with Crippen molar-refractivity contribution in [1.29, 1.82) is 0 Å². The van der Waals surface area contributed by atoms with Gasteiger partial charge in [-0.2, -0.15) is 0 Å². The first-order valence-electron chi connectivity index (χ1n) is 5.44.